The Morgan fingerprint density at radius 2 is 1.33 bits per heavy atom. The highest BCUT2D eigenvalue weighted by Crippen LogP contribution is 2.40. The summed E-state index contributed by atoms with van der Waals surface area (Å²) in [6.45, 7) is 9.55. The summed E-state index contributed by atoms with van der Waals surface area (Å²) < 4.78 is 22.8. The molecule has 0 aliphatic heterocycles. The van der Waals surface area contributed by atoms with Crippen LogP contribution in [0.4, 0.5) is 10.5 Å². The number of hydrogen-bond acceptors (Lipinski definition) is 6. The van der Waals surface area contributed by atoms with Crippen LogP contribution in [0.25, 0.3) is 0 Å². The highest BCUT2D eigenvalue weighted by molar-refractivity contribution is 6.33. The molecule has 4 rings (SSSR count). The summed E-state index contributed by atoms with van der Waals surface area (Å²) in [4.78, 5) is 25.7. The van der Waals surface area contributed by atoms with Crippen molar-refractivity contribution >= 4 is 29.2 Å². The van der Waals surface area contributed by atoms with Crippen molar-refractivity contribution in [2.24, 2.45) is 0 Å². The zero-order valence-corrected chi connectivity index (χ0v) is 25.4. The van der Waals surface area contributed by atoms with Gasteiger partial charge in [0.25, 0.3) is 5.91 Å². The number of nitrogens with one attached hydrogen (secondary N) is 2. The van der Waals surface area contributed by atoms with Gasteiger partial charge in [-0.1, -0.05) is 35.4 Å². The second-order valence-electron chi connectivity index (χ2n) is 9.86. The molecule has 0 radical (unpaired) electrons. The van der Waals surface area contributed by atoms with Crippen LogP contribution >= 0.6 is 11.6 Å². The minimum atomic E-state index is -0.740. The summed E-state index contributed by atoms with van der Waals surface area (Å²) in [5.41, 5.74) is 4.88. The number of carbonyl (C=O) groups excluding carboxylic acids is 2. The number of anilines is 1. The number of methoxy groups -OCH3 is 2. The average Bonchev–Trinajstić information content (AvgIpc) is 2.95. The first-order valence-electron chi connectivity index (χ1n) is 13.2. The number of halogens is 1. The number of amides is 3. The van der Waals surface area contributed by atoms with Gasteiger partial charge >= 0.3 is 6.03 Å². The van der Waals surface area contributed by atoms with Crippen molar-refractivity contribution in [1.29, 1.82) is 0 Å². The second kappa shape index (κ2) is 12.9. The SMILES string of the molecule is COc1cccc(OC)c1C(=O)NC(=O)Nc1cc(C)c(Oc2ccc(Oc3ccc(C)cc3C)cc2C)c(Cl)c1C. The Balaban J connectivity index is 1.49. The predicted octanol–water partition coefficient (Wildman–Crippen LogP) is 8.45. The van der Waals surface area contributed by atoms with Crippen molar-refractivity contribution in [2.75, 3.05) is 19.5 Å². The number of ether oxygens (including phenoxy) is 4. The van der Waals surface area contributed by atoms with Crippen molar-refractivity contribution in [1.82, 2.24) is 5.32 Å². The second-order valence-corrected chi connectivity index (χ2v) is 10.2. The first kappa shape index (κ1) is 30.3. The third-order valence-electron chi connectivity index (χ3n) is 6.70. The Hall–Kier alpha value is -4.69. The van der Waals surface area contributed by atoms with Gasteiger partial charge in [-0.2, -0.15) is 0 Å². The van der Waals surface area contributed by atoms with Crippen molar-refractivity contribution < 1.29 is 28.5 Å². The molecule has 8 nitrogen and oxygen atoms in total. The normalized spacial score (nSPS) is 10.6. The molecule has 4 aromatic carbocycles. The van der Waals surface area contributed by atoms with E-state index >= 15 is 0 Å². The van der Waals surface area contributed by atoms with Crippen molar-refractivity contribution in [3.63, 3.8) is 0 Å². The number of carbonyl (C=O) groups is 2. The third-order valence-corrected chi connectivity index (χ3v) is 7.15. The molecule has 0 aromatic heterocycles. The number of imide groups is 1. The standard InChI is InChI=1S/C33H33ClN2O6/c1-18-11-13-25(19(2)15-18)41-23-12-14-26(20(3)16-23)42-31-21(4)17-24(22(5)30(31)34)35-33(38)36-32(37)29-27(39-6)9-8-10-28(29)40-7/h8-17H,1-7H3,(H2,35,36,37,38). The fourth-order valence-electron chi connectivity index (χ4n) is 4.45. The van der Waals surface area contributed by atoms with Crippen molar-refractivity contribution in [3.05, 3.63) is 99.1 Å². The molecular formula is C33H33ClN2O6. The van der Waals surface area contributed by atoms with E-state index in [4.69, 9.17) is 30.5 Å². The summed E-state index contributed by atoms with van der Waals surface area (Å²) in [5.74, 6) is 2.43. The minimum absolute atomic E-state index is 0.105. The first-order chi connectivity index (χ1) is 20.0. The van der Waals surface area contributed by atoms with Crippen LogP contribution < -0.4 is 29.6 Å². The van der Waals surface area contributed by atoms with Gasteiger partial charge in [-0.25, -0.2) is 4.79 Å². The Morgan fingerprint density at radius 3 is 1.95 bits per heavy atom. The molecule has 0 saturated heterocycles. The molecular weight excluding hydrogens is 556 g/mol. The lowest BCUT2D eigenvalue weighted by molar-refractivity contribution is 0.0961. The summed E-state index contributed by atoms with van der Waals surface area (Å²) in [6, 6.07) is 17.5. The molecule has 0 heterocycles. The van der Waals surface area contributed by atoms with Crippen molar-refractivity contribution in [3.8, 4) is 34.5 Å². The largest absolute Gasteiger partial charge is 0.496 e. The molecule has 3 amide bonds. The molecule has 4 aromatic rings. The smallest absolute Gasteiger partial charge is 0.326 e. The van der Waals surface area contributed by atoms with E-state index in [1.54, 1.807) is 31.2 Å². The molecule has 218 valence electrons. The number of urea groups is 1. The van der Waals surface area contributed by atoms with Gasteiger partial charge < -0.3 is 24.3 Å². The van der Waals surface area contributed by atoms with Crippen LogP contribution in [-0.4, -0.2) is 26.2 Å². The van der Waals surface area contributed by atoms with Crippen LogP contribution in [0.15, 0.2) is 60.7 Å². The lowest BCUT2D eigenvalue weighted by atomic mass is 10.1. The van der Waals surface area contributed by atoms with Gasteiger partial charge in [-0.05, 0) is 99.3 Å². The molecule has 0 atom stereocenters. The molecule has 0 unspecified atom stereocenters. The minimum Gasteiger partial charge on any atom is -0.496 e. The first-order valence-corrected chi connectivity index (χ1v) is 13.6. The van der Waals surface area contributed by atoms with Gasteiger partial charge in [0.15, 0.2) is 0 Å². The molecule has 0 aliphatic carbocycles. The lowest BCUT2D eigenvalue weighted by Crippen LogP contribution is -2.35. The Kier molecular flexibility index (Phi) is 9.28. The van der Waals surface area contributed by atoms with Gasteiger partial charge in [0, 0.05) is 5.69 Å². The summed E-state index contributed by atoms with van der Waals surface area (Å²) in [5, 5.41) is 5.35. The van der Waals surface area contributed by atoms with Gasteiger partial charge in [-0.15, -0.1) is 0 Å². The summed E-state index contributed by atoms with van der Waals surface area (Å²) >= 11 is 6.72. The lowest BCUT2D eigenvalue weighted by Gasteiger charge is -2.18. The fraction of sp³-hybridized carbons (Fsp3) is 0.212. The molecule has 42 heavy (non-hydrogen) atoms. The van der Waals surface area contributed by atoms with Crippen LogP contribution in [0, 0.1) is 34.6 Å². The topological polar surface area (TPSA) is 95.1 Å². The Bertz CT molecular complexity index is 1650. The molecule has 0 aliphatic rings. The summed E-state index contributed by atoms with van der Waals surface area (Å²) in [7, 11) is 2.86. The zero-order chi connectivity index (χ0) is 30.6. The quantitative estimate of drug-likeness (QED) is 0.214. The van der Waals surface area contributed by atoms with Crippen molar-refractivity contribution in [2.45, 2.75) is 34.6 Å². The van der Waals surface area contributed by atoms with Crippen LogP contribution in [-0.2, 0) is 0 Å². The van der Waals surface area contributed by atoms with E-state index in [-0.39, 0.29) is 17.1 Å². The predicted molar refractivity (Wildman–Crippen MR) is 164 cm³/mol. The van der Waals surface area contributed by atoms with E-state index in [0.717, 1.165) is 16.9 Å². The van der Waals surface area contributed by atoms with E-state index in [0.29, 0.717) is 39.1 Å². The van der Waals surface area contributed by atoms with E-state index in [9.17, 15) is 9.59 Å². The monoisotopic (exact) mass is 588 g/mol. The highest BCUT2D eigenvalue weighted by Gasteiger charge is 2.22. The van der Waals surface area contributed by atoms with E-state index < -0.39 is 11.9 Å². The number of aryl methyl sites for hydroxylation is 4. The average molecular weight is 589 g/mol. The summed E-state index contributed by atoms with van der Waals surface area (Å²) in [6.07, 6.45) is 0. The zero-order valence-electron chi connectivity index (χ0n) is 24.6. The van der Waals surface area contributed by atoms with Crippen LogP contribution in [0.5, 0.6) is 34.5 Å². The van der Waals surface area contributed by atoms with Crippen LogP contribution in [0.3, 0.4) is 0 Å². The molecule has 0 spiro atoms. The number of rotatable bonds is 8. The Labute approximate surface area is 250 Å². The molecule has 2 N–H and O–H groups in total. The maximum Gasteiger partial charge on any atom is 0.326 e. The van der Waals surface area contributed by atoms with Gasteiger partial charge in [0.05, 0.1) is 19.2 Å². The number of benzene rings is 4. The van der Waals surface area contributed by atoms with Crippen LogP contribution in [0.1, 0.15) is 38.2 Å². The molecule has 0 saturated carbocycles. The van der Waals surface area contributed by atoms with Gasteiger partial charge in [0.1, 0.15) is 40.1 Å². The molecule has 9 heteroatoms. The van der Waals surface area contributed by atoms with E-state index in [2.05, 4.69) is 16.7 Å². The highest BCUT2D eigenvalue weighted by atomic mass is 35.5. The fourth-order valence-corrected chi connectivity index (χ4v) is 4.74. The van der Waals surface area contributed by atoms with Gasteiger partial charge in [0.2, 0.25) is 0 Å². The van der Waals surface area contributed by atoms with Crippen LogP contribution in [0.2, 0.25) is 5.02 Å². The van der Waals surface area contributed by atoms with E-state index in [1.165, 1.54) is 19.8 Å². The Morgan fingerprint density at radius 1 is 0.714 bits per heavy atom. The molecule has 0 bridgehead atoms. The maximum absolute atomic E-state index is 12.9. The number of hydrogen-bond donors (Lipinski definition) is 2. The molecule has 0 fully saturated rings. The van der Waals surface area contributed by atoms with E-state index in [1.807, 2.05) is 58.0 Å². The maximum atomic E-state index is 12.9. The third kappa shape index (κ3) is 6.61. The van der Waals surface area contributed by atoms with Gasteiger partial charge in [-0.3, -0.25) is 10.1 Å².